The summed E-state index contributed by atoms with van der Waals surface area (Å²) in [6.07, 6.45) is 3.62. The smallest absolute Gasteiger partial charge is 0.218 e. The van der Waals surface area contributed by atoms with Gasteiger partial charge in [0.25, 0.3) is 0 Å². The molecular weight excluding hydrogens is 429 g/mol. The van der Waals surface area contributed by atoms with Crippen LogP contribution in [-0.2, 0) is 4.79 Å². The Bertz CT molecular complexity index is 1090. The van der Waals surface area contributed by atoms with E-state index in [-0.39, 0.29) is 34.1 Å². The summed E-state index contributed by atoms with van der Waals surface area (Å²) >= 11 is 0. The van der Waals surface area contributed by atoms with Crippen molar-refractivity contribution in [2.75, 3.05) is 28.4 Å². The van der Waals surface area contributed by atoms with Gasteiger partial charge >= 0.3 is 0 Å². The molecule has 2 aromatic rings. The molecule has 9 heteroatoms. The first kappa shape index (κ1) is 24.4. The van der Waals surface area contributed by atoms with Crippen LogP contribution >= 0.6 is 0 Å². The summed E-state index contributed by atoms with van der Waals surface area (Å²) in [5.74, 6) is -4.52. The molecule has 0 amide bonds. The lowest BCUT2D eigenvalue weighted by atomic mass is 10.1. The van der Waals surface area contributed by atoms with Crippen molar-refractivity contribution in [3.05, 3.63) is 70.8 Å². The summed E-state index contributed by atoms with van der Waals surface area (Å²) in [7, 11) is 5.37. The van der Waals surface area contributed by atoms with Gasteiger partial charge in [-0.1, -0.05) is 0 Å². The molecule has 0 saturated carbocycles. The topological polar surface area (TPSA) is 74.2 Å². The lowest BCUT2D eigenvalue weighted by Gasteiger charge is -2.09. The van der Waals surface area contributed by atoms with Crippen LogP contribution in [0.5, 0.6) is 23.0 Å². The number of aliphatic hydroxyl groups excluding tert-OH is 1. The van der Waals surface area contributed by atoms with Crippen LogP contribution in [0.3, 0.4) is 0 Å². The Hall–Kier alpha value is -3.88. The van der Waals surface area contributed by atoms with E-state index in [1.165, 1.54) is 40.6 Å². The van der Waals surface area contributed by atoms with Crippen molar-refractivity contribution < 1.29 is 42.0 Å². The van der Waals surface area contributed by atoms with Crippen molar-refractivity contribution in [2.24, 2.45) is 0 Å². The molecule has 0 unspecified atom stereocenters. The second-order valence-electron chi connectivity index (χ2n) is 6.19. The molecule has 0 radical (unpaired) electrons. The number of aliphatic hydroxyl groups is 1. The van der Waals surface area contributed by atoms with Gasteiger partial charge in [-0.2, -0.15) is 4.39 Å². The molecule has 0 aliphatic carbocycles. The second-order valence-corrected chi connectivity index (χ2v) is 6.19. The molecule has 6 nitrogen and oxygen atoms in total. The van der Waals surface area contributed by atoms with Gasteiger partial charge in [0.1, 0.15) is 11.6 Å². The van der Waals surface area contributed by atoms with Gasteiger partial charge in [-0.05, 0) is 36.4 Å². The molecule has 0 spiro atoms. The van der Waals surface area contributed by atoms with Crippen molar-refractivity contribution >= 4 is 17.9 Å². The molecule has 0 heterocycles. The zero-order valence-electron chi connectivity index (χ0n) is 17.7. The van der Waals surface area contributed by atoms with Crippen LogP contribution in [0, 0.1) is 11.6 Å². The third-order valence-corrected chi connectivity index (χ3v) is 4.28. The fourth-order valence-electron chi connectivity index (χ4n) is 2.60. The average molecular weight is 450 g/mol. The SMILES string of the molecule is COc1cc(F)c(/C=C/C(=O)/C(F)=C(O)/C=C/c2cc(OC)c(OC)cc2F)cc1OC. The van der Waals surface area contributed by atoms with Crippen LogP contribution < -0.4 is 18.9 Å². The summed E-state index contributed by atoms with van der Waals surface area (Å²) in [6.45, 7) is 0. The lowest BCUT2D eigenvalue weighted by Crippen LogP contribution is -1.98. The van der Waals surface area contributed by atoms with Crippen LogP contribution in [0.15, 0.2) is 48.0 Å². The maximum Gasteiger partial charge on any atom is 0.218 e. The molecule has 32 heavy (non-hydrogen) atoms. The second kappa shape index (κ2) is 10.9. The first-order valence-corrected chi connectivity index (χ1v) is 9.07. The maximum absolute atomic E-state index is 14.2. The molecular formula is C23H21F3O6. The zero-order chi connectivity index (χ0) is 23.8. The standard InChI is InChI=1S/C23H21F3O6/c1-29-19-9-13(15(24)11-21(19)31-3)5-7-17(27)23(26)18(28)8-6-14-10-20(30-2)22(32-4)12-16(14)25/h5-12,27H,1-4H3/b7-5+,8-6+,23-17+. The molecule has 0 aromatic heterocycles. The van der Waals surface area contributed by atoms with E-state index in [9.17, 15) is 23.1 Å². The molecule has 0 aliphatic rings. The van der Waals surface area contributed by atoms with Crippen LogP contribution in [0.25, 0.3) is 12.2 Å². The highest BCUT2D eigenvalue weighted by molar-refractivity contribution is 6.05. The largest absolute Gasteiger partial charge is 0.505 e. The predicted molar refractivity (Wildman–Crippen MR) is 113 cm³/mol. The monoisotopic (exact) mass is 450 g/mol. The van der Waals surface area contributed by atoms with E-state index in [4.69, 9.17) is 18.9 Å². The fourth-order valence-corrected chi connectivity index (χ4v) is 2.60. The van der Waals surface area contributed by atoms with Crippen LogP contribution in [0.1, 0.15) is 11.1 Å². The van der Waals surface area contributed by atoms with Crippen molar-refractivity contribution in [1.82, 2.24) is 0 Å². The van der Waals surface area contributed by atoms with E-state index in [1.807, 2.05) is 0 Å². The number of ketones is 1. The zero-order valence-corrected chi connectivity index (χ0v) is 17.7. The number of benzene rings is 2. The summed E-state index contributed by atoms with van der Waals surface area (Å²) in [5.41, 5.74) is -0.108. The van der Waals surface area contributed by atoms with Gasteiger partial charge in [-0.15, -0.1) is 0 Å². The number of hydrogen-bond donors (Lipinski definition) is 1. The highest BCUT2D eigenvalue weighted by Gasteiger charge is 2.14. The van der Waals surface area contributed by atoms with Crippen molar-refractivity contribution in [2.45, 2.75) is 0 Å². The Kier molecular flexibility index (Phi) is 8.34. The van der Waals surface area contributed by atoms with E-state index in [0.717, 1.165) is 36.4 Å². The third kappa shape index (κ3) is 5.63. The molecule has 0 bridgehead atoms. The quantitative estimate of drug-likeness (QED) is 0.328. The Balaban J connectivity index is 2.25. The number of carbonyl (C=O) groups is 1. The molecule has 170 valence electrons. The van der Waals surface area contributed by atoms with Gasteiger partial charge in [0, 0.05) is 23.3 Å². The van der Waals surface area contributed by atoms with Crippen LogP contribution in [-0.4, -0.2) is 39.3 Å². The van der Waals surface area contributed by atoms with Crippen LogP contribution in [0.2, 0.25) is 0 Å². The maximum atomic E-state index is 14.2. The highest BCUT2D eigenvalue weighted by Crippen LogP contribution is 2.31. The Morgan fingerprint density at radius 3 is 1.53 bits per heavy atom. The molecule has 2 rings (SSSR count). The summed E-state index contributed by atoms with van der Waals surface area (Å²) in [5, 5.41) is 9.84. The van der Waals surface area contributed by atoms with Crippen LogP contribution in [0.4, 0.5) is 13.2 Å². The van der Waals surface area contributed by atoms with Crippen molar-refractivity contribution in [3.8, 4) is 23.0 Å². The van der Waals surface area contributed by atoms with Gasteiger partial charge in [-0.25, -0.2) is 8.78 Å². The van der Waals surface area contributed by atoms with E-state index >= 15 is 0 Å². The van der Waals surface area contributed by atoms with Gasteiger partial charge in [-0.3, -0.25) is 4.79 Å². The van der Waals surface area contributed by atoms with Gasteiger partial charge < -0.3 is 24.1 Å². The third-order valence-electron chi connectivity index (χ3n) is 4.28. The Labute approximate surface area is 182 Å². The molecule has 0 saturated heterocycles. The molecule has 2 aromatic carbocycles. The number of allylic oxidation sites excluding steroid dienone is 3. The molecule has 0 aliphatic heterocycles. The molecule has 0 fully saturated rings. The van der Waals surface area contributed by atoms with E-state index < -0.39 is 29.0 Å². The number of ether oxygens (including phenoxy) is 4. The first-order chi connectivity index (χ1) is 15.2. The Morgan fingerprint density at radius 2 is 1.12 bits per heavy atom. The summed E-state index contributed by atoms with van der Waals surface area (Å²) < 4.78 is 62.5. The van der Waals surface area contributed by atoms with Gasteiger partial charge in [0.05, 0.1) is 28.4 Å². The molecule has 1 N–H and O–H groups in total. The number of rotatable bonds is 9. The fraction of sp³-hybridized carbons (Fsp3) is 0.174. The number of hydrogen-bond acceptors (Lipinski definition) is 6. The summed E-state index contributed by atoms with van der Waals surface area (Å²) in [4.78, 5) is 12.0. The lowest BCUT2D eigenvalue weighted by molar-refractivity contribution is -0.112. The normalized spacial score (nSPS) is 12.1. The number of carbonyl (C=O) groups excluding carboxylic acids is 1. The van der Waals surface area contributed by atoms with Crippen molar-refractivity contribution in [3.63, 3.8) is 0 Å². The van der Waals surface area contributed by atoms with Gasteiger partial charge in [0.2, 0.25) is 11.6 Å². The van der Waals surface area contributed by atoms with E-state index in [0.29, 0.717) is 0 Å². The minimum Gasteiger partial charge on any atom is -0.505 e. The van der Waals surface area contributed by atoms with Gasteiger partial charge in [0.15, 0.2) is 28.8 Å². The highest BCUT2D eigenvalue weighted by atomic mass is 19.1. The van der Waals surface area contributed by atoms with Crippen molar-refractivity contribution in [1.29, 1.82) is 0 Å². The summed E-state index contributed by atoms with van der Waals surface area (Å²) in [6, 6.07) is 4.64. The molecule has 0 atom stereocenters. The van der Waals surface area contributed by atoms with E-state index in [2.05, 4.69) is 0 Å². The minimum absolute atomic E-state index is 0.0441. The predicted octanol–water partition coefficient (Wildman–Crippen LogP) is 5.03. The average Bonchev–Trinajstić information content (AvgIpc) is 2.80. The Morgan fingerprint density at radius 1 is 0.750 bits per heavy atom. The van der Waals surface area contributed by atoms with E-state index in [1.54, 1.807) is 0 Å². The number of methoxy groups -OCH3 is 4. The first-order valence-electron chi connectivity index (χ1n) is 9.07. The minimum atomic E-state index is -1.51. The number of halogens is 3.